The van der Waals surface area contributed by atoms with Crippen LogP contribution in [0.3, 0.4) is 0 Å². The zero-order valence-electron chi connectivity index (χ0n) is 10.2. The van der Waals surface area contributed by atoms with Gasteiger partial charge in [0.05, 0.1) is 0 Å². The molecule has 3 rings (SSSR count). The lowest BCUT2D eigenvalue weighted by molar-refractivity contribution is 0.172. The summed E-state index contributed by atoms with van der Waals surface area (Å²) in [6, 6.07) is 6.24. The average molecular weight is 233 g/mol. The summed E-state index contributed by atoms with van der Waals surface area (Å²) in [5, 5.41) is 3.42. The quantitative estimate of drug-likeness (QED) is 0.851. The van der Waals surface area contributed by atoms with E-state index in [-0.39, 0.29) is 0 Å². The van der Waals surface area contributed by atoms with Crippen molar-refractivity contribution in [1.29, 1.82) is 0 Å². The maximum absolute atomic E-state index is 5.60. The minimum absolute atomic E-state index is 0.366. The van der Waals surface area contributed by atoms with Crippen LogP contribution in [0.5, 0.6) is 11.5 Å². The molecule has 0 bridgehead atoms. The summed E-state index contributed by atoms with van der Waals surface area (Å²) >= 11 is 0. The molecule has 3 heteroatoms. The van der Waals surface area contributed by atoms with Crippen LogP contribution in [0.4, 0.5) is 0 Å². The normalized spacial score (nSPS) is 21.5. The summed E-state index contributed by atoms with van der Waals surface area (Å²) in [7, 11) is 0. The number of para-hydroxylation sites is 1. The molecule has 3 nitrogen and oxygen atoms in total. The van der Waals surface area contributed by atoms with Gasteiger partial charge in [0.15, 0.2) is 11.5 Å². The fourth-order valence-electron chi connectivity index (χ4n) is 2.91. The van der Waals surface area contributed by atoms with Crippen molar-refractivity contribution in [2.24, 2.45) is 5.92 Å². The second kappa shape index (κ2) is 4.57. The van der Waals surface area contributed by atoms with Crippen molar-refractivity contribution in [2.75, 3.05) is 19.9 Å². The Bertz CT molecular complexity index is 399. The molecule has 0 radical (unpaired) electrons. The van der Waals surface area contributed by atoms with Gasteiger partial charge in [0.25, 0.3) is 0 Å². The minimum Gasteiger partial charge on any atom is -0.454 e. The second-order valence-corrected chi connectivity index (χ2v) is 4.96. The van der Waals surface area contributed by atoms with Crippen LogP contribution in [-0.2, 0) is 0 Å². The highest BCUT2D eigenvalue weighted by atomic mass is 16.7. The first-order chi connectivity index (χ1) is 8.36. The number of piperidine rings is 1. The monoisotopic (exact) mass is 233 g/mol. The Morgan fingerprint density at radius 1 is 1.24 bits per heavy atom. The predicted molar refractivity (Wildman–Crippen MR) is 66.6 cm³/mol. The van der Waals surface area contributed by atoms with Gasteiger partial charge < -0.3 is 14.8 Å². The van der Waals surface area contributed by atoms with Crippen LogP contribution in [0, 0.1) is 5.92 Å². The highest BCUT2D eigenvalue weighted by Crippen LogP contribution is 2.42. The first-order valence-electron chi connectivity index (χ1n) is 6.45. The number of nitrogens with one attached hydrogen (secondary N) is 1. The first-order valence-corrected chi connectivity index (χ1v) is 6.45. The van der Waals surface area contributed by atoms with Crippen LogP contribution in [0.25, 0.3) is 0 Å². The lowest BCUT2D eigenvalue weighted by Crippen LogP contribution is -2.30. The third-order valence-corrected chi connectivity index (χ3v) is 4.01. The van der Waals surface area contributed by atoms with Crippen molar-refractivity contribution in [2.45, 2.75) is 25.7 Å². The molecule has 2 aliphatic heterocycles. The van der Waals surface area contributed by atoms with Crippen LogP contribution in [0.15, 0.2) is 18.2 Å². The van der Waals surface area contributed by atoms with E-state index in [4.69, 9.17) is 9.47 Å². The fraction of sp³-hybridized carbons (Fsp3) is 0.571. The molecule has 1 unspecified atom stereocenters. The Morgan fingerprint density at radius 2 is 2.06 bits per heavy atom. The predicted octanol–water partition coefficient (Wildman–Crippen LogP) is 2.52. The summed E-state index contributed by atoms with van der Waals surface area (Å²) in [5.41, 5.74) is 1.31. The Balaban J connectivity index is 1.85. The lowest BCUT2D eigenvalue weighted by atomic mass is 9.81. The molecule has 17 heavy (non-hydrogen) atoms. The van der Waals surface area contributed by atoms with E-state index in [0.717, 1.165) is 30.5 Å². The first kappa shape index (κ1) is 10.9. The average Bonchev–Trinajstić information content (AvgIpc) is 2.87. The molecular formula is C14H19NO2. The van der Waals surface area contributed by atoms with E-state index in [9.17, 15) is 0 Å². The highest BCUT2D eigenvalue weighted by molar-refractivity contribution is 5.49. The fourth-order valence-corrected chi connectivity index (χ4v) is 2.91. The van der Waals surface area contributed by atoms with Crippen molar-refractivity contribution < 1.29 is 9.47 Å². The van der Waals surface area contributed by atoms with Crippen LogP contribution in [0.1, 0.15) is 31.2 Å². The Kier molecular flexibility index (Phi) is 2.93. The summed E-state index contributed by atoms with van der Waals surface area (Å²) in [4.78, 5) is 0. The molecular weight excluding hydrogens is 214 g/mol. The molecule has 0 spiro atoms. The smallest absolute Gasteiger partial charge is 0.231 e. The van der Waals surface area contributed by atoms with E-state index in [2.05, 4.69) is 24.4 Å². The summed E-state index contributed by atoms with van der Waals surface area (Å²) in [6.07, 6.45) is 2.51. The zero-order valence-corrected chi connectivity index (χ0v) is 10.2. The van der Waals surface area contributed by atoms with Gasteiger partial charge in [-0.25, -0.2) is 0 Å². The molecule has 1 fully saturated rings. The third-order valence-electron chi connectivity index (χ3n) is 4.01. The van der Waals surface area contributed by atoms with Crippen LogP contribution in [-0.4, -0.2) is 19.9 Å². The van der Waals surface area contributed by atoms with E-state index >= 15 is 0 Å². The second-order valence-electron chi connectivity index (χ2n) is 4.96. The van der Waals surface area contributed by atoms with E-state index < -0.39 is 0 Å². The van der Waals surface area contributed by atoms with Crippen molar-refractivity contribution in [1.82, 2.24) is 5.32 Å². The van der Waals surface area contributed by atoms with E-state index in [1.54, 1.807) is 0 Å². The number of hydrogen-bond acceptors (Lipinski definition) is 3. The highest BCUT2D eigenvalue weighted by Gasteiger charge is 2.26. The van der Waals surface area contributed by atoms with Gasteiger partial charge in [-0.3, -0.25) is 0 Å². The topological polar surface area (TPSA) is 30.5 Å². The van der Waals surface area contributed by atoms with Crippen LogP contribution in [0.2, 0.25) is 0 Å². The lowest BCUT2D eigenvalue weighted by Gasteiger charge is -2.29. The number of rotatable bonds is 2. The zero-order chi connectivity index (χ0) is 11.7. The number of hydrogen-bond donors (Lipinski definition) is 1. The van der Waals surface area contributed by atoms with Gasteiger partial charge in [0.1, 0.15) is 0 Å². The van der Waals surface area contributed by atoms with Gasteiger partial charge in [0, 0.05) is 5.56 Å². The number of fused-ring (bicyclic) bond motifs is 1. The molecule has 1 saturated heterocycles. The Morgan fingerprint density at radius 3 is 2.88 bits per heavy atom. The van der Waals surface area contributed by atoms with Gasteiger partial charge >= 0.3 is 0 Å². The van der Waals surface area contributed by atoms with Crippen LogP contribution < -0.4 is 14.8 Å². The van der Waals surface area contributed by atoms with E-state index in [1.807, 2.05) is 6.07 Å². The number of benzene rings is 1. The standard InChI is InChI=1S/C14H19NO2/c1-10(11-5-7-15-8-6-11)12-3-2-4-13-14(12)17-9-16-13/h2-4,10-11,15H,5-9H2,1H3. The molecule has 2 aliphatic rings. The van der Waals surface area contributed by atoms with Gasteiger partial charge in [0.2, 0.25) is 6.79 Å². The maximum Gasteiger partial charge on any atom is 0.231 e. The largest absolute Gasteiger partial charge is 0.454 e. The Labute approximate surface area is 102 Å². The third kappa shape index (κ3) is 2.00. The minimum atomic E-state index is 0.366. The van der Waals surface area contributed by atoms with Gasteiger partial charge in [-0.15, -0.1) is 0 Å². The van der Waals surface area contributed by atoms with Crippen molar-refractivity contribution >= 4 is 0 Å². The number of ether oxygens (including phenoxy) is 2. The molecule has 0 aliphatic carbocycles. The summed E-state index contributed by atoms with van der Waals surface area (Å²) in [5.74, 6) is 3.18. The summed E-state index contributed by atoms with van der Waals surface area (Å²) < 4.78 is 11.0. The maximum atomic E-state index is 5.60. The van der Waals surface area contributed by atoms with Gasteiger partial charge in [-0.1, -0.05) is 19.1 Å². The molecule has 0 aromatic heterocycles. The van der Waals surface area contributed by atoms with E-state index in [0.29, 0.717) is 12.7 Å². The van der Waals surface area contributed by atoms with Crippen molar-refractivity contribution in [3.05, 3.63) is 23.8 Å². The molecule has 0 amide bonds. The summed E-state index contributed by atoms with van der Waals surface area (Å²) in [6.45, 7) is 4.96. The van der Waals surface area contributed by atoms with E-state index in [1.165, 1.54) is 18.4 Å². The molecule has 2 heterocycles. The Hall–Kier alpha value is -1.22. The van der Waals surface area contributed by atoms with Crippen LogP contribution >= 0.6 is 0 Å². The molecule has 1 N–H and O–H groups in total. The van der Waals surface area contributed by atoms with Crippen molar-refractivity contribution in [3.8, 4) is 11.5 Å². The molecule has 1 aromatic rings. The molecule has 1 atom stereocenters. The molecule has 92 valence electrons. The molecule has 0 saturated carbocycles. The SMILES string of the molecule is CC(c1cccc2c1OCO2)C1CCNCC1. The molecule has 1 aromatic carbocycles. The van der Waals surface area contributed by atoms with Crippen molar-refractivity contribution in [3.63, 3.8) is 0 Å². The van der Waals surface area contributed by atoms with Gasteiger partial charge in [-0.05, 0) is 43.8 Å². The van der Waals surface area contributed by atoms with Gasteiger partial charge in [-0.2, -0.15) is 0 Å².